The first kappa shape index (κ1) is 31.9. The van der Waals surface area contributed by atoms with Crippen LogP contribution in [0.25, 0.3) is 0 Å². The number of rotatable bonds is 14. The van der Waals surface area contributed by atoms with Crippen molar-refractivity contribution in [1.29, 1.82) is 0 Å². The first-order valence-electron chi connectivity index (χ1n) is 18.5. The molecule has 0 aliphatic heterocycles. The van der Waals surface area contributed by atoms with Crippen molar-refractivity contribution in [3.8, 4) is 5.75 Å². The summed E-state index contributed by atoms with van der Waals surface area (Å²) >= 11 is 0. The molecular weight excluding hydrogens is 484 g/mol. The van der Waals surface area contributed by atoms with E-state index in [1.54, 1.807) is 0 Å². The quantitative estimate of drug-likeness (QED) is 0.209. The lowest BCUT2D eigenvalue weighted by Gasteiger charge is -2.42. The minimum atomic E-state index is 0.887. The van der Waals surface area contributed by atoms with Crippen LogP contribution in [0, 0.1) is 29.6 Å². The molecule has 0 saturated heterocycles. The molecule has 0 N–H and O–H groups in total. The van der Waals surface area contributed by atoms with Crippen molar-refractivity contribution in [2.75, 3.05) is 6.61 Å². The summed E-state index contributed by atoms with van der Waals surface area (Å²) in [5.41, 5.74) is 1.50. The number of aryl methyl sites for hydroxylation is 1. The molecule has 0 bridgehead atoms. The van der Waals surface area contributed by atoms with Gasteiger partial charge in [0.2, 0.25) is 0 Å². The molecule has 228 valence electrons. The highest BCUT2D eigenvalue weighted by Crippen LogP contribution is 2.45. The first-order valence-corrected chi connectivity index (χ1v) is 18.5. The molecule has 0 spiro atoms. The van der Waals surface area contributed by atoms with Gasteiger partial charge >= 0.3 is 0 Å². The Labute approximate surface area is 250 Å². The van der Waals surface area contributed by atoms with E-state index in [4.69, 9.17) is 4.74 Å². The molecule has 0 radical (unpaired) electrons. The lowest BCUT2D eigenvalue weighted by molar-refractivity contribution is 0.0746. The maximum absolute atomic E-state index is 6.49. The van der Waals surface area contributed by atoms with Gasteiger partial charge in [-0.25, -0.2) is 0 Å². The van der Waals surface area contributed by atoms with Gasteiger partial charge in [0.05, 0.1) is 6.61 Å². The molecule has 4 rings (SSSR count). The number of hydrogen-bond donors (Lipinski definition) is 0. The third kappa shape index (κ3) is 11.4. The average molecular weight is 551 g/mol. The fourth-order valence-electron chi connectivity index (χ4n) is 9.02. The van der Waals surface area contributed by atoms with E-state index in [1.807, 2.05) is 0 Å². The Bertz CT molecular complexity index is 737. The van der Waals surface area contributed by atoms with E-state index in [0.717, 1.165) is 41.9 Å². The van der Waals surface area contributed by atoms with Crippen molar-refractivity contribution in [1.82, 2.24) is 0 Å². The van der Waals surface area contributed by atoms with E-state index >= 15 is 0 Å². The highest BCUT2D eigenvalue weighted by atomic mass is 16.5. The zero-order valence-corrected chi connectivity index (χ0v) is 26.7. The van der Waals surface area contributed by atoms with E-state index < -0.39 is 0 Å². The molecule has 3 aliphatic carbocycles. The van der Waals surface area contributed by atoms with Gasteiger partial charge in [0.1, 0.15) is 5.75 Å². The number of hydrogen-bond acceptors (Lipinski definition) is 1. The fraction of sp³-hybridized carbons (Fsp3) is 0.846. The van der Waals surface area contributed by atoms with Crippen LogP contribution in [0.5, 0.6) is 5.75 Å². The van der Waals surface area contributed by atoms with E-state index in [9.17, 15) is 0 Å². The van der Waals surface area contributed by atoms with E-state index in [1.165, 1.54) is 173 Å². The average Bonchev–Trinajstić information content (AvgIpc) is 2.94. The molecule has 3 aliphatic rings. The molecule has 1 aromatic carbocycles. The van der Waals surface area contributed by atoms with Crippen LogP contribution in [-0.2, 0) is 6.42 Å². The topological polar surface area (TPSA) is 9.23 Å². The van der Waals surface area contributed by atoms with Gasteiger partial charge in [-0.3, -0.25) is 0 Å². The Kier molecular flexibility index (Phi) is 15.4. The third-order valence-electron chi connectivity index (χ3n) is 11.4. The Morgan fingerprint density at radius 3 is 1.98 bits per heavy atom. The van der Waals surface area contributed by atoms with Crippen LogP contribution >= 0.6 is 0 Å². The van der Waals surface area contributed by atoms with Gasteiger partial charge in [-0.2, -0.15) is 0 Å². The molecule has 3 fully saturated rings. The number of unbranched alkanes of at least 4 members (excludes halogenated alkanes) is 2. The summed E-state index contributed by atoms with van der Waals surface area (Å²) in [6, 6.07) is 9.24. The minimum Gasteiger partial charge on any atom is -0.494 e. The molecule has 0 aromatic heterocycles. The highest BCUT2D eigenvalue weighted by Gasteiger charge is 2.35. The monoisotopic (exact) mass is 551 g/mol. The van der Waals surface area contributed by atoms with Crippen LogP contribution in [0.4, 0.5) is 0 Å². The Balaban J connectivity index is 1.27. The molecule has 3 saturated carbocycles. The first-order chi connectivity index (χ1) is 19.8. The Hall–Kier alpha value is -0.980. The van der Waals surface area contributed by atoms with Crippen LogP contribution in [-0.4, -0.2) is 6.61 Å². The van der Waals surface area contributed by atoms with Gasteiger partial charge < -0.3 is 4.74 Å². The van der Waals surface area contributed by atoms with Crippen molar-refractivity contribution in [2.45, 2.75) is 174 Å². The fourth-order valence-corrected chi connectivity index (χ4v) is 9.02. The van der Waals surface area contributed by atoms with Gasteiger partial charge in [0, 0.05) is 0 Å². The van der Waals surface area contributed by atoms with E-state index in [0.29, 0.717) is 0 Å². The van der Waals surface area contributed by atoms with Crippen molar-refractivity contribution < 1.29 is 4.74 Å². The Morgan fingerprint density at radius 2 is 1.27 bits per heavy atom. The molecule has 3 unspecified atom stereocenters. The molecule has 1 heteroatoms. The highest BCUT2D eigenvalue weighted by molar-refractivity contribution is 5.27. The van der Waals surface area contributed by atoms with Gasteiger partial charge in [-0.1, -0.05) is 160 Å². The maximum atomic E-state index is 6.49. The SMILES string of the molecule is CCCCCC1CCCCC1C(CCOc1ccc(CCCC2CCCCCCC2)cc1)C1CCCCCCC1. The molecule has 1 aromatic rings. The van der Waals surface area contributed by atoms with E-state index in [-0.39, 0.29) is 0 Å². The predicted octanol–water partition coefficient (Wildman–Crippen LogP) is 12.5. The Morgan fingerprint density at radius 1 is 0.650 bits per heavy atom. The molecule has 0 heterocycles. The van der Waals surface area contributed by atoms with Gasteiger partial charge in [0.15, 0.2) is 0 Å². The lowest BCUT2D eigenvalue weighted by atomic mass is 9.64. The van der Waals surface area contributed by atoms with Crippen LogP contribution < -0.4 is 4.74 Å². The minimum absolute atomic E-state index is 0.887. The van der Waals surface area contributed by atoms with Crippen molar-refractivity contribution in [3.63, 3.8) is 0 Å². The summed E-state index contributed by atoms with van der Waals surface area (Å²) in [6.07, 6.45) is 37.6. The van der Waals surface area contributed by atoms with Crippen molar-refractivity contribution in [2.24, 2.45) is 29.6 Å². The van der Waals surface area contributed by atoms with Crippen LogP contribution in [0.3, 0.4) is 0 Å². The standard InChI is InChI=1S/C39H66O/c1-2-3-10-22-35-25-15-16-26-38(35)39(36-23-13-8-5-9-14-24-36)31-32-40-37-29-27-34(28-30-37)21-17-20-33-18-11-6-4-7-12-19-33/h27-30,33,35-36,38-39H,2-26,31-32H2,1H3. The largest absolute Gasteiger partial charge is 0.494 e. The summed E-state index contributed by atoms with van der Waals surface area (Å²) in [5, 5.41) is 0. The molecule has 1 nitrogen and oxygen atoms in total. The van der Waals surface area contributed by atoms with Crippen molar-refractivity contribution in [3.05, 3.63) is 29.8 Å². The summed E-state index contributed by atoms with van der Waals surface area (Å²) in [4.78, 5) is 0. The maximum Gasteiger partial charge on any atom is 0.119 e. The molecule has 40 heavy (non-hydrogen) atoms. The lowest BCUT2D eigenvalue weighted by Crippen LogP contribution is -2.33. The van der Waals surface area contributed by atoms with Gasteiger partial charge in [-0.15, -0.1) is 0 Å². The second-order valence-electron chi connectivity index (χ2n) is 14.4. The van der Waals surface area contributed by atoms with Gasteiger partial charge in [0.25, 0.3) is 0 Å². The zero-order valence-electron chi connectivity index (χ0n) is 26.7. The van der Waals surface area contributed by atoms with Crippen molar-refractivity contribution >= 4 is 0 Å². The predicted molar refractivity (Wildman–Crippen MR) is 174 cm³/mol. The number of ether oxygens (including phenoxy) is 1. The molecule has 0 amide bonds. The summed E-state index contributed by atoms with van der Waals surface area (Å²) < 4.78 is 6.49. The van der Waals surface area contributed by atoms with Crippen LogP contribution in [0.15, 0.2) is 24.3 Å². The smallest absolute Gasteiger partial charge is 0.119 e. The molecule has 3 atom stereocenters. The summed E-state index contributed by atoms with van der Waals surface area (Å²) in [6.45, 7) is 3.28. The zero-order chi connectivity index (χ0) is 27.7. The van der Waals surface area contributed by atoms with E-state index in [2.05, 4.69) is 31.2 Å². The normalized spacial score (nSPS) is 24.9. The van der Waals surface area contributed by atoms with Crippen LogP contribution in [0.2, 0.25) is 0 Å². The molecular formula is C39H66O. The summed E-state index contributed by atoms with van der Waals surface area (Å²) in [5.74, 6) is 5.86. The van der Waals surface area contributed by atoms with Gasteiger partial charge in [-0.05, 0) is 73.0 Å². The second kappa shape index (κ2) is 19.3. The summed E-state index contributed by atoms with van der Waals surface area (Å²) in [7, 11) is 0. The third-order valence-corrected chi connectivity index (χ3v) is 11.4. The second-order valence-corrected chi connectivity index (χ2v) is 14.4. The number of benzene rings is 1. The van der Waals surface area contributed by atoms with Crippen LogP contribution in [0.1, 0.15) is 173 Å².